The van der Waals surface area contributed by atoms with E-state index in [1.54, 1.807) is 0 Å². The van der Waals surface area contributed by atoms with Gasteiger partial charge in [-0.3, -0.25) is 14.4 Å². The van der Waals surface area contributed by atoms with Crippen LogP contribution < -0.4 is 0 Å². The summed E-state index contributed by atoms with van der Waals surface area (Å²) in [6.07, 6.45) is 8.01. The van der Waals surface area contributed by atoms with Gasteiger partial charge in [0, 0.05) is 12.8 Å². The Morgan fingerprint density at radius 3 is 1.23 bits per heavy atom. The fourth-order valence-corrected chi connectivity index (χ4v) is 3.10. The van der Waals surface area contributed by atoms with E-state index in [0.717, 1.165) is 12.8 Å². The van der Waals surface area contributed by atoms with E-state index >= 15 is 0 Å². The highest BCUT2D eigenvalue weighted by Gasteiger charge is 2.14. The standard InChI is InChI=1S/C27H48O12/c1-2-3-4-5-6-7-8-9-25(29)38-22-20-36-18-16-34-14-12-33-13-15-35-17-19-37-21-23-39-26(30)11-10-24(28)27(31)32/h2-23H2,1H3,(H,31,32). The highest BCUT2D eigenvalue weighted by Crippen LogP contribution is 2.08. The van der Waals surface area contributed by atoms with Crippen LogP contribution in [0.3, 0.4) is 0 Å². The van der Waals surface area contributed by atoms with Crippen molar-refractivity contribution in [2.45, 2.75) is 71.1 Å². The molecule has 0 bridgehead atoms. The largest absolute Gasteiger partial charge is 0.476 e. The third-order valence-electron chi connectivity index (χ3n) is 5.25. The number of carboxylic acid groups (broad SMARTS) is 1. The zero-order valence-electron chi connectivity index (χ0n) is 23.5. The predicted molar refractivity (Wildman–Crippen MR) is 140 cm³/mol. The summed E-state index contributed by atoms with van der Waals surface area (Å²) in [5, 5.41) is 8.42. The Kier molecular flexibility index (Phi) is 27.3. The molecule has 39 heavy (non-hydrogen) atoms. The Morgan fingerprint density at radius 2 is 0.821 bits per heavy atom. The predicted octanol–water partition coefficient (Wildman–Crippen LogP) is 2.73. The summed E-state index contributed by atoms with van der Waals surface area (Å²) in [5.41, 5.74) is 0. The number of carbonyl (C=O) groups is 4. The number of carboxylic acids is 1. The molecule has 0 saturated carbocycles. The molecule has 0 aromatic carbocycles. The summed E-state index contributed by atoms with van der Waals surface area (Å²) < 4.78 is 36.7. The first kappa shape index (κ1) is 36.9. The molecule has 0 fully saturated rings. The zero-order chi connectivity index (χ0) is 28.8. The zero-order valence-corrected chi connectivity index (χ0v) is 23.5. The number of ketones is 1. The van der Waals surface area contributed by atoms with Crippen molar-refractivity contribution in [1.29, 1.82) is 0 Å². The lowest BCUT2D eigenvalue weighted by Gasteiger charge is -2.08. The number of hydrogen-bond acceptors (Lipinski definition) is 11. The van der Waals surface area contributed by atoms with Crippen LogP contribution in [-0.4, -0.2) is 108 Å². The van der Waals surface area contributed by atoms with Gasteiger partial charge in [-0.25, -0.2) is 4.79 Å². The lowest BCUT2D eigenvalue weighted by Crippen LogP contribution is -2.17. The highest BCUT2D eigenvalue weighted by atomic mass is 16.6. The van der Waals surface area contributed by atoms with E-state index in [2.05, 4.69) is 6.92 Å². The van der Waals surface area contributed by atoms with Crippen molar-refractivity contribution in [1.82, 2.24) is 0 Å². The van der Waals surface area contributed by atoms with E-state index in [1.807, 2.05) is 0 Å². The van der Waals surface area contributed by atoms with Crippen molar-refractivity contribution in [2.75, 3.05) is 79.3 Å². The molecule has 0 aliphatic rings. The van der Waals surface area contributed by atoms with Gasteiger partial charge in [-0.1, -0.05) is 45.4 Å². The maximum absolute atomic E-state index is 11.7. The minimum absolute atomic E-state index is 0.0149. The fraction of sp³-hybridized carbons (Fsp3) is 0.852. The summed E-state index contributed by atoms with van der Waals surface area (Å²) in [6, 6.07) is 0. The second-order valence-corrected chi connectivity index (χ2v) is 8.60. The number of esters is 2. The molecule has 1 N–H and O–H groups in total. The molecule has 0 aromatic rings. The molecular weight excluding hydrogens is 516 g/mol. The quantitative estimate of drug-likeness (QED) is 0.0775. The van der Waals surface area contributed by atoms with Crippen LogP contribution in [0.1, 0.15) is 71.1 Å². The fourth-order valence-electron chi connectivity index (χ4n) is 3.10. The maximum atomic E-state index is 11.7. The van der Waals surface area contributed by atoms with Gasteiger partial charge in [-0.2, -0.15) is 0 Å². The van der Waals surface area contributed by atoms with E-state index in [-0.39, 0.29) is 38.6 Å². The summed E-state index contributed by atoms with van der Waals surface area (Å²) >= 11 is 0. The average molecular weight is 565 g/mol. The molecule has 0 radical (unpaired) electrons. The van der Waals surface area contributed by atoms with Crippen molar-refractivity contribution < 1.29 is 57.4 Å². The monoisotopic (exact) mass is 564 g/mol. The molecule has 0 unspecified atom stereocenters. The number of hydrogen-bond donors (Lipinski definition) is 1. The first-order chi connectivity index (χ1) is 19.0. The normalized spacial score (nSPS) is 10.9. The van der Waals surface area contributed by atoms with Crippen molar-refractivity contribution in [3.05, 3.63) is 0 Å². The van der Waals surface area contributed by atoms with E-state index in [9.17, 15) is 19.2 Å². The molecule has 0 aliphatic heterocycles. The van der Waals surface area contributed by atoms with Gasteiger partial charge in [0.15, 0.2) is 0 Å². The Bertz CT molecular complexity index is 626. The lowest BCUT2D eigenvalue weighted by atomic mass is 10.1. The second kappa shape index (κ2) is 28.9. The number of carbonyl (C=O) groups excluding carboxylic acids is 3. The lowest BCUT2D eigenvalue weighted by molar-refractivity contribution is -0.151. The first-order valence-corrected chi connectivity index (χ1v) is 13.9. The molecule has 0 saturated heterocycles. The number of Topliss-reactive ketones (excluding diaryl/α,β-unsaturated/α-hetero) is 1. The Morgan fingerprint density at radius 1 is 0.462 bits per heavy atom. The van der Waals surface area contributed by atoms with Gasteiger partial charge < -0.3 is 38.3 Å². The molecule has 0 aliphatic carbocycles. The van der Waals surface area contributed by atoms with Gasteiger partial charge in [0.1, 0.15) is 13.2 Å². The molecule has 12 heteroatoms. The molecule has 0 aromatic heterocycles. The van der Waals surface area contributed by atoms with Gasteiger partial charge >= 0.3 is 17.9 Å². The van der Waals surface area contributed by atoms with Crippen LogP contribution in [0.5, 0.6) is 0 Å². The summed E-state index contributed by atoms with van der Waals surface area (Å²) in [6.45, 7) is 6.19. The molecule has 0 rings (SSSR count). The number of ether oxygens (including phenoxy) is 7. The molecule has 0 heterocycles. The first-order valence-electron chi connectivity index (χ1n) is 13.9. The summed E-state index contributed by atoms with van der Waals surface area (Å²) in [5.74, 6) is -3.40. The molecule has 0 amide bonds. The Labute approximate surface area is 231 Å². The Balaban J connectivity index is 3.22. The SMILES string of the molecule is CCCCCCCCCC(=O)OCCOCCOCCOCCOCCOCCOC(=O)CCC(=O)C(=O)O. The van der Waals surface area contributed by atoms with Crippen molar-refractivity contribution in [3.63, 3.8) is 0 Å². The molecule has 12 nitrogen and oxygen atoms in total. The van der Waals surface area contributed by atoms with Crippen LogP contribution in [0.2, 0.25) is 0 Å². The van der Waals surface area contributed by atoms with E-state index < -0.39 is 17.7 Å². The van der Waals surface area contributed by atoms with Crippen LogP contribution in [0.4, 0.5) is 0 Å². The van der Waals surface area contributed by atoms with Crippen molar-refractivity contribution in [3.8, 4) is 0 Å². The summed E-state index contributed by atoms with van der Waals surface area (Å²) in [7, 11) is 0. The van der Waals surface area contributed by atoms with Gasteiger partial charge in [0.05, 0.1) is 72.5 Å². The van der Waals surface area contributed by atoms with Crippen LogP contribution >= 0.6 is 0 Å². The topological polar surface area (TPSA) is 153 Å². The summed E-state index contributed by atoms with van der Waals surface area (Å²) in [4.78, 5) is 44.2. The Hall–Kier alpha value is -2.12. The van der Waals surface area contributed by atoms with Crippen molar-refractivity contribution in [2.24, 2.45) is 0 Å². The third-order valence-corrected chi connectivity index (χ3v) is 5.25. The van der Waals surface area contributed by atoms with Crippen LogP contribution in [0.15, 0.2) is 0 Å². The number of unbranched alkanes of at least 4 members (excludes halogenated alkanes) is 6. The van der Waals surface area contributed by atoms with Gasteiger partial charge in [0.2, 0.25) is 5.78 Å². The number of aliphatic carboxylic acids is 1. The van der Waals surface area contributed by atoms with E-state index in [1.165, 1.54) is 32.1 Å². The highest BCUT2D eigenvalue weighted by molar-refractivity contribution is 6.32. The van der Waals surface area contributed by atoms with Gasteiger partial charge in [-0.05, 0) is 6.42 Å². The van der Waals surface area contributed by atoms with Crippen molar-refractivity contribution >= 4 is 23.7 Å². The molecule has 228 valence electrons. The average Bonchev–Trinajstić information content (AvgIpc) is 2.92. The van der Waals surface area contributed by atoms with Crippen LogP contribution in [-0.2, 0) is 52.3 Å². The smallest absolute Gasteiger partial charge is 0.372 e. The maximum Gasteiger partial charge on any atom is 0.372 e. The van der Waals surface area contributed by atoms with E-state index in [4.69, 9.17) is 38.3 Å². The van der Waals surface area contributed by atoms with Crippen LogP contribution in [0.25, 0.3) is 0 Å². The second-order valence-electron chi connectivity index (χ2n) is 8.60. The molecule has 0 spiro atoms. The molecular formula is C27H48O12. The van der Waals surface area contributed by atoms with Crippen LogP contribution in [0, 0.1) is 0 Å². The minimum Gasteiger partial charge on any atom is -0.476 e. The van der Waals surface area contributed by atoms with Gasteiger partial charge in [-0.15, -0.1) is 0 Å². The minimum atomic E-state index is -1.56. The number of rotatable bonds is 30. The molecule has 0 atom stereocenters. The third kappa shape index (κ3) is 28.7. The van der Waals surface area contributed by atoms with E-state index in [0.29, 0.717) is 65.9 Å². The van der Waals surface area contributed by atoms with Gasteiger partial charge in [0.25, 0.3) is 0 Å².